The van der Waals surface area contributed by atoms with E-state index in [0.29, 0.717) is 17.9 Å². The maximum absolute atomic E-state index is 13.0. The number of amidine groups is 1. The average Bonchev–Trinajstić information content (AvgIpc) is 2.70. The second-order valence-electron chi connectivity index (χ2n) is 7.12. The summed E-state index contributed by atoms with van der Waals surface area (Å²) in [5.41, 5.74) is 8.55. The molecular formula is C21H29N3O4S. The van der Waals surface area contributed by atoms with E-state index in [2.05, 4.69) is 31.0 Å². The molecule has 8 heteroatoms. The first-order valence-corrected chi connectivity index (χ1v) is 10.8. The molecule has 2 aromatic rings. The van der Waals surface area contributed by atoms with E-state index in [0.717, 1.165) is 5.56 Å². The molecule has 2 rings (SSSR count). The molecule has 0 aliphatic rings. The van der Waals surface area contributed by atoms with Gasteiger partial charge in [0.15, 0.2) is 0 Å². The van der Waals surface area contributed by atoms with Gasteiger partial charge < -0.3 is 15.6 Å². The molecule has 0 unspecified atom stereocenters. The van der Waals surface area contributed by atoms with E-state index in [4.69, 9.17) is 10.5 Å². The third kappa shape index (κ3) is 5.79. The number of methoxy groups -OCH3 is 1. The Morgan fingerprint density at radius 2 is 1.86 bits per heavy atom. The maximum Gasteiger partial charge on any atom is 0.246 e. The number of nitrogens with two attached hydrogens (primary N) is 1. The van der Waals surface area contributed by atoms with Gasteiger partial charge in [0.05, 0.1) is 0 Å². The van der Waals surface area contributed by atoms with Crippen molar-refractivity contribution in [3.05, 3.63) is 59.2 Å². The van der Waals surface area contributed by atoms with Crippen LogP contribution in [0.1, 0.15) is 36.5 Å². The molecule has 0 radical (unpaired) electrons. The van der Waals surface area contributed by atoms with Crippen LogP contribution in [0.2, 0.25) is 0 Å². The highest BCUT2D eigenvalue weighted by Crippen LogP contribution is 2.26. The zero-order chi connectivity index (χ0) is 21.6. The molecule has 0 aliphatic heterocycles. The second-order valence-corrected chi connectivity index (χ2v) is 9.13. The molecule has 0 fully saturated rings. The fourth-order valence-electron chi connectivity index (χ4n) is 2.75. The van der Waals surface area contributed by atoms with E-state index < -0.39 is 10.0 Å². The van der Waals surface area contributed by atoms with E-state index in [1.807, 2.05) is 12.1 Å². The Labute approximate surface area is 172 Å². The first-order valence-electron chi connectivity index (χ1n) is 9.34. The zero-order valence-corrected chi connectivity index (χ0v) is 18.1. The van der Waals surface area contributed by atoms with Gasteiger partial charge in [-0.1, -0.05) is 38.1 Å². The first-order chi connectivity index (χ1) is 13.7. The number of ether oxygens (including phenoxy) is 1. The van der Waals surface area contributed by atoms with Crippen LogP contribution in [-0.4, -0.2) is 51.1 Å². The molecule has 0 aromatic heterocycles. The minimum atomic E-state index is -3.90. The SMILES string of the molecule is COCN=C(N)c1ccc(O)c(S(=O)(=O)N(C)CCc2ccc(C(C)C)cc2)c1. The average molecular weight is 420 g/mol. The Kier molecular flexibility index (Phi) is 7.78. The number of aliphatic imine (C=N–C) groups is 1. The Bertz CT molecular complexity index is 954. The molecule has 0 spiro atoms. The number of sulfonamides is 1. The predicted octanol–water partition coefficient (Wildman–Crippen LogP) is 2.69. The third-order valence-corrected chi connectivity index (χ3v) is 6.56. The number of hydrogen-bond acceptors (Lipinski definition) is 5. The minimum Gasteiger partial charge on any atom is -0.507 e. The Hall–Kier alpha value is -2.42. The van der Waals surface area contributed by atoms with E-state index in [-0.39, 0.29) is 29.8 Å². The summed E-state index contributed by atoms with van der Waals surface area (Å²) in [5, 5.41) is 10.1. The summed E-state index contributed by atoms with van der Waals surface area (Å²) in [6.45, 7) is 4.59. The molecule has 0 aliphatic carbocycles. The van der Waals surface area contributed by atoms with Gasteiger partial charge in [0.2, 0.25) is 10.0 Å². The van der Waals surface area contributed by atoms with Crippen molar-refractivity contribution in [1.82, 2.24) is 4.31 Å². The van der Waals surface area contributed by atoms with Crippen LogP contribution in [0.3, 0.4) is 0 Å². The first kappa shape index (κ1) is 22.9. The van der Waals surface area contributed by atoms with Crippen molar-refractivity contribution < 1.29 is 18.3 Å². The highest BCUT2D eigenvalue weighted by molar-refractivity contribution is 7.89. The van der Waals surface area contributed by atoms with Crippen LogP contribution in [0.5, 0.6) is 5.75 Å². The number of likely N-dealkylation sites (N-methyl/N-ethyl adjacent to an activating group) is 1. The summed E-state index contributed by atoms with van der Waals surface area (Å²) < 4.78 is 32.0. The lowest BCUT2D eigenvalue weighted by molar-refractivity contribution is 0.209. The standard InChI is InChI=1S/C21H29N3O4S/c1-15(2)17-7-5-16(6-8-17)11-12-24(3)29(26,27)20-13-18(9-10-19(20)25)21(22)23-14-28-4/h5-10,13,15,25H,11-12,14H2,1-4H3,(H2,22,23). The quantitative estimate of drug-likeness (QED) is 0.480. The highest BCUT2D eigenvalue weighted by Gasteiger charge is 2.25. The summed E-state index contributed by atoms with van der Waals surface area (Å²) >= 11 is 0. The van der Waals surface area contributed by atoms with Crippen molar-refractivity contribution in [3.8, 4) is 5.75 Å². The molecule has 0 bridgehead atoms. The van der Waals surface area contributed by atoms with Crippen LogP contribution in [-0.2, 0) is 21.2 Å². The van der Waals surface area contributed by atoms with Gasteiger partial charge in [-0.05, 0) is 41.7 Å². The van der Waals surface area contributed by atoms with Crippen molar-refractivity contribution in [2.45, 2.75) is 31.1 Å². The number of phenolic OH excluding ortho intramolecular Hbond substituents is 1. The molecule has 29 heavy (non-hydrogen) atoms. The molecule has 0 amide bonds. The molecule has 2 aromatic carbocycles. The van der Waals surface area contributed by atoms with Gasteiger partial charge in [-0.25, -0.2) is 17.7 Å². The number of phenols is 1. The van der Waals surface area contributed by atoms with Crippen LogP contribution in [0, 0.1) is 0 Å². The molecule has 0 heterocycles. The van der Waals surface area contributed by atoms with Crippen LogP contribution in [0.4, 0.5) is 0 Å². The number of rotatable bonds is 9. The van der Waals surface area contributed by atoms with E-state index in [9.17, 15) is 13.5 Å². The number of hydrogen-bond donors (Lipinski definition) is 2. The Balaban J connectivity index is 2.18. The lowest BCUT2D eigenvalue weighted by Crippen LogP contribution is -2.29. The third-order valence-electron chi connectivity index (χ3n) is 4.67. The van der Waals surface area contributed by atoms with E-state index in [1.54, 1.807) is 0 Å². The van der Waals surface area contributed by atoms with Gasteiger partial charge in [0, 0.05) is 26.3 Å². The summed E-state index contributed by atoms with van der Waals surface area (Å²) in [7, 11) is -0.923. The van der Waals surface area contributed by atoms with Crippen molar-refractivity contribution in [1.29, 1.82) is 0 Å². The van der Waals surface area contributed by atoms with Crippen LogP contribution < -0.4 is 5.73 Å². The van der Waals surface area contributed by atoms with Crippen LogP contribution >= 0.6 is 0 Å². The number of nitrogens with zero attached hydrogens (tertiary/aromatic N) is 2. The summed E-state index contributed by atoms with van der Waals surface area (Å²) in [6.07, 6.45) is 0.562. The van der Waals surface area contributed by atoms with E-state index in [1.165, 1.54) is 42.2 Å². The lowest BCUT2D eigenvalue weighted by Gasteiger charge is -2.18. The topological polar surface area (TPSA) is 105 Å². The smallest absolute Gasteiger partial charge is 0.246 e. The fraction of sp³-hybridized carbons (Fsp3) is 0.381. The molecule has 3 N–H and O–H groups in total. The second kappa shape index (κ2) is 9.87. The van der Waals surface area contributed by atoms with Crippen molar-refractivity contribution in [3.63, 3.8) is 0 Å². The van der Waals surface area contributed by atoms with Gasteiger partial charge >= 0.3 is 0 Å². The monoisotopic (exact) mass is 419 g/mol. The zero-order valence-electron chi connectivity index (χ0n) is 17.3. The van der Waals surface area contributed by atoms with Gasteiger partial charge in [-0.2, -0.15) is 0 Å². The van der Waals surface area contributed by atoms with Gasteiger partial charge in [0.1, 0.15) is 23.2 Å². The summed E-state index contributed by atoms with van der Waals surface area (Å²) in [6, 6.07) is 12.3. The Morgan fingerprint density at radius 3 is 2.45 bits per heavy atom. The maximum atomic E-state index is 13.0. The molecule has 158 valence electrons. The van der Waals surface area contributed by atoms with Crippen molar-refractivity contribution in [2.75, 3.05) is 27.4 Å². The largest absolute Gasteiger partial charge is 0.507 e. The van der Waals surface area contributed by atoms with E-state index >= 15 is 0 Å². The Morgan fingerprint density at radius 1 is 1.21 bits per heavy atom. The van der Waals surface area contributed by atoms with Gasteiger partial charge in [-0.15, -0.1) is 0 Å². The fourth-order valence-corrected chi connectivity index (χ4v) is 4.02. The van der Waals surface area contributed by atoms with Gasteiger partial charge in [-0.3, -0.25) is 0 Å². The van der Waals surface area contributed by atoms with Crippen LogP contribution in [0.25, 0.3) is 0 Å². The molecular weight excluding hydrogens is 390 g/mol. The predicted molar refractivity (Wildman–Crippen MR) is 115 cm³/mol. The molecule has 0 saturated heterocycles. The number of benzene rings is 2. The van der Waals surface area contributed by atoms with Crippen molar-refractivity contribution >= 4 is 15.9 Å². The minimum absolute atomic E-state index is 0.0598. The lowest BCUT2D eigenvalue weighted by atomic mass is 10.0. The summed E-state index contributed by atoms with van der Waals surface area (Å²) in [5.74, 6) is 0.250. The number of aromatic hydroxyl groups is 1. The molecule has 7 nitrogen and oxygen atoms in total. The van der Waals surface area contributed by atoms with Crippen LogP contribution in [0.15, 0.2) is 52.4 Å². The van der Waals surface area contributed by atoms with Crippen molar-refractivity contribution in [2.24, 2.45) is 10.7 Å². The highest BCUT2D eigenvalue weighted by atomic mass is 32.2. The molecule has 0 atom stereocenters. The van der Waals surface area contributed by atoms with Gasteiger partial charge in [0.25, 0.3) is 0 Å². The normalized spacial score (nSPS) is 12.7. The summed E-state index contributed by atoms with van der Waals surface area (Å²) in [4.78, 5) is 3.78. The molecule has 0 saturated carbocycles.